The van der Waals surface area contributed by atoms with Gasteiger partial charge in [-0.05, 0) is 30.3 Å². The Morgan fingerprint density at radius 1 is 1.00 bits per heavy atom. The van der Waals surface area contributed by atoms with Crippen LogP contribution in [0.1, 0.15) is 24.4 Å². The third kappa shape index (κ3) is 4.47. The normalized spacial score (nSPS) is 12.0. The van der Waals surface area contributed by atoms with Crippen LogP contribution < -0.4 is 0 Å². The van der Waals surface area contributed by atoms with Crippen LogP contribution in [0.15, 0.2) is 73.5 Å². The van der Waals surface area contributed by atoms with Crippen LogP contribution in [-0.4, -0.2) is 47.5 Å². The number of ketones is 1. The minimum atomic E-state index is -3.61. The molecule has 2 aromatic carbocycles. The highest BCUT2D eigenvalue weighted by Gasteiger charge is 2.23. The van der Waals surface area contributed by atoms with Crippen molar-refractivity contribution < 1.29 is 22.0 Å². The van der Waals surface area contributed by atoms with E-state index in [1.54, 1.807) is 38.1 Å². The second-order valence-electron chi connectivity index (χ2n) is 6.85. The highest BCUT2D eigenvalue weighted by atomic mass is 32.2. The monoisotopic (exact) mass is 471 g/mol. The lowest BCUT2D eigenvalue weighted by Gasteiger charge is -2.18. The molecule has 0 saturated carbocycles. The Kier molecular flexibility index (Phi) is 6.45. The average molecular weight is 472 g/mol. The predicted molar refractivity (Wildman–Crippen MR) is 121 cm³/mol. The summed E-state index contributed by atoms with van der Waals surface area (Å²) in [4.78, 5) is 12.6. The van der Waals surface area contributed by atoms with E-state index >= 15 is 0 Å². The number of thioether (sulfide) groups is 1. The zero-order valence-corrected chi connectivity index (χ0v) is 19.1. The number of furan rings is 1. The molecule has 166 valence electrons. The standard InChI is InChI=1S/C22H21N3O5S2/c1-3-25(4-2)32(27,28)17-10-7-9-16(12-17)21-23-24-22(30-21)31-14-18(26)20-13-15-8-5-6-11-19(15)29-20/h5-13H,3-4,14H2,1-2H3. The van der Waals surface area contributed by atoms with Crippen molar-refractivity contribution in [2.24, 2.45) is 0 Å². The Morgan fingerprint density at radius 3 is 2.53 bits per heavy atom. The molecule has 0 aliphatic heterocycles. The first-order chi connectivity index (χ1) is 15.4. The number of hydrogen-bond donors (Lipinski definition) is 0. The topological polar surface area (TPSA) is 107 Å². The van der Waals surface area contributed by atoms with Crippen molar-refractivity contribution in [3.8, 4) is 11.5 Å². The fraction of sp³-hybridized carbons (Fsp3) is 0.227. The van der Waals surface area contributed by atoms with Crippen molar-refractivity contribution in [3.63, 3.8) is 0 Å². The van der Waals surface area contributed by atoms with Gasteiger partial charge in [0.1, 0.15) is 5.58 Å². The summed E-state index contributed by atoms with van der Waals surface area (Å²) in [5.41, 5.74) is 1.14. The zero-order valence-electron chi connectivity index (χ0n) is 17.5. The van der Waals surface area contributed by atoms with Crippen molar-refractivity contribution in [3.05, 3.63) is 60.4 Å². The molecule has 2 heterocycles. The first kappa shape index (κ1) is 22.3. The van der Waals surface area contributed by atoms with Crippen LogP contribution in [0.2, 0.25) is 0 Å². The van der Waals surface area contributed by atoms with Crippen molar-refractivity contribution in [1.82, 2.24) is 14.5 Å². The largest absolute Gasteiger partial charge is 0.453 e. The number of Topliss-reactive ketones (excluding diaryl/α,β-unsaturated/α-hetero) is 1. The minimum absolute atomic E-state index is 0.0673. The summed E-state index contributed by atoms with van der Waals surface area (Å²) in [6, 6.07) is 15.5. The van der Waals surface area contributed by atoms with Gasteiger partial charge in [0.2, 0.25) is 21.7 Å². The molecule has 0 N–H and O–H groups in total. The molecule has 0 bridgehead atoms. The van der Waals surface area contributed by atoms with Crippen molar-refractivity contribution in [2.75, 3.05) is 18.8 Å². The maximum absolute atomic E-state index is 12.8. The number of para-hydroxylation sites is 1. The van der Waals surface area contributed by atoms with Crippen LogP contribution in [0.3, 0.4) is 0 Å². The van der Waals surface area contributed by atoms with E-state index < -0.39 is 10.0 Å². The van der Waals surface area contributed by atoms with E-state index in [0.717, 1.165) is 17.1 Å². The molecule has 0 unspecified atom stereocenters. The van der Waals surface area contributed by atoms with Crippen LogP contribution in [0.4, 0.5) is 0 Å². The summed E-state index contributed by atoms with van der Waals surface area (Å²) in [5.74, 6) is 0.323. The second-order valence-corrected chi connectivity index (χ2v) is 9.72. The van der Waals surface area contributed by atoms with Gasteiger partial charge >= 0.3 is 0 Å². The number of sulfonamides is 1. The number of hydrogen-bond acceptors (Lipinski definition) is 8. The van der Waals surface area contributed by atoms with Gasteiger partial charge in [-0.15, -0.1) is 10.2 Å². The lowest BCUT2D eigenvalue weighted by Crippen LogP contribution is -2.30. The number of carbonyl (C=O) groups excluding carboxylic acids is 1. The first-order valence-corrected chi connectivity index (χ1v) is 12.4. The molecule has 2 aromatic heterocycles. The molecule has 32 heavy (non-hydrogen) atoms. The highest BCUT2D eigenvalue weighted by Crippen LogP contribution is 2.27. The maximum atomic E-state index is 12.8. The third-order valence-corrected chi connectivity index (χ3v) is 7.72. The fourth-order valence-electron chi connectivity index (χ4n) is 3.20. The predicted octanol–water partition coefficient (Wildman–Crippen LogP) is 4.49. The molecule has 4 aromatic rings. The molecule has 0 aliphatic rings. The molecule has 4 rings (SSSR count). The summed E-state index contributed by atoms with van der Waals surface area (Å²) in [6.45, 7) is 4.34. The van der Waals surface area contributed by atoms with Gasteiger partial charge in [-0.25, -0.2) is 8.42 Å². The van der Waals surface area contributed by atoms with E-state index in [-0.39, 0.29) is 33.3 Å². The second kappa shape index (κ2) is 9.27. The number of benzene rings is 2. The van der Waals surface area contributed by atoms with Crippen molar-refractivity contribution in [2.45, 2.75) is 24.0 Å². The van der Waals surface area contributed by atoms with Crippen molar-refractivity contribution >= 4 is 38.5 Å². The van der Waals surface area contributed by atoms with Gasteiger partial charge in [-0.3, -0.25) is 4.79 Å². The van der Waals surface area contributed by atoms with E-state index in [4.69, 9.17) is 8.83 Å². The lowest BCUT2D eigenvalue weighted by atomic mass is 10.2. The van der Waals surface area contributed by atoms with E-state index in [1.165, 1.54) is 16.4 Å². The number of rotatable bonds is 9. The summed E-state index contributed by atoms with van der Waals surface area (Å²) < 4.78 is 38.1. The van der Waals surface area contributed by atoms with Gasteiger partial charge < -0.3 is 8.83 Å². The summed E-state index contributed by atoms with van der Waals surface area (Å²) in [7, 11) is -3.61. The van der Waals surface area contributed by atoms with E-state index in [0.29, 0.717) is 24.2 Å². The number of nitrogens with zero attached hydrogens (tertiary/aromatic N) is 3. The van der Waals surface area contributed by atoms with Crippen LogP contribution in [0.25, 0.3) is 22.4 Å². The SMILES string of the molecule is CCN(CC)S(=O)(=O)c1cccc(-c2nnc(SCC(=O)c3cc4ccccc4o3)o2)c1. The van der Waals surface area contributed by atoms with E-state index in [1.807, 2.05) is 18.2 Å². The number of carbonyl (C=O) groups is 1. The van der Waals surface area contributed by atoms with Gasteiger partial charge in [0, 0.05) is 24.0 Å². The van der Waals surface area contributed by atoms with Gasteiger partial charge in [0.25, 0.3) is 5.22 Å². The molecule has 0 amide bonds. The van der Waals surface area contributed by atoms with Gasteiger partial charge in [-0.2, -0.15) is 4.31 Å². The van der Waals surface area contributed by atoms with Crippen molar-refractivity contribution in [1.29, 1.82) is 0 Å². The Bertz CT molecular complexity index is 1320. The van der Waals surface area contributed by atoms with Crippen LogP contribution >= 0.6 is 11.8 Å². The quantitative estimate of drug-likeness (QED) is 0.260. The number of aromatic nitrogens is 2. The Hall–Kier alpha value is -2.95. The molecule has 0 spiro atoms. The smallest absolute Gasteiger partial charge is 0.277 e. The Morgan fingerprint density at radius 2 is 1.78 bits per heavy atom. The maximum Gasteiger partial charge on any atom is 0.277 e. The average Bonchev–Trinajstić information content (AvgIpc) is 3.45. The molecule has 0 fully saturated rings. The minimum Gasteiger partial charge on any atom is -0.453 e. The molecular formula is C22H21N3O5S2. The number of fused-ring (bicyclic) bond motifs is 1. The molecular weight excluding hydrogens is 450 g/mol. The van der Waals surface area contributed by atoms with Crippen LogP contribution in [0.5, 0.6) is 0 Å². The molecule has 0 saturated heterocycles. The lowest BCUT2D eigenvalue weighted by molar-refractivity contribution is 0.0994. The van der Waals surface area contributed by atoms with E-state index in [2.05, 4.69) is 10.2 Å². The molecule has 8 nitrogen and oxygen atoms in total. The van der Waals surface area contributed by atoms with Gasteiger partial charge in [0.05, 0.1) is 10.6 Å². The van der Waals surface area contributed by atoms with Crippen LogP contribution in [-0.2, 0) is 10.0 Å². The molecule has 0 atom stereocenters. The summed E-state index contributed by atoms with van der Waals surface area (Å²) in [6.07, 6.45) is 0. The van der Waals surface area contributed by atoms with Crippen LogP contribution in [0, 0.1) is 0 Å². The third-order valence-electron chi connectivity index (χ3n) is 4.86. The Balaban J connectivity index is 1.47. The zero-order chi connectivity index (χ0) is 22.7. The molecule has 10 heteroatoms. The fourth-order valence-corrected chi connectivity index (χ4v) is 5.34. The molecule has 0 aliphatic carbocycles. The highest BCUT2D eigenvalue weighted by molar-refractivity contribution is 7.99. The van der Waals surface area contributed by atoms with Gasteiger partial charge in [-0.1, -0.05) is 49.9 Å². The Labute approximate surface area is 189 Å². The molecule has 0 radical (unpaired) electrons. The summed E-state index contributed by atoms with van der Waals surface area (Å²) >= 11 is 1.09. The first-order valence-electron chi connectivity index (χ1n) is 10.0. The van der Waals surface area contributed by atoms with E-state index in [9.17, 15) is 13.2 Å². The summed E-state index contributed by atoms with van der Waals surface area (Å²) in [5, 5.41) is 9.03. The van der Waals surface area contributed by atoms with Gasteiger partial charge in [0.15, 0.2) is 5.76 Å².